The van der Waals surface area contributed by atoms with Crippen molar-refractivity contribution in [1.82, 2.24) is 4.90 Å². The number of hydrogen-bond donors (Lipinski definition) is 2. The van der Waals surface area contributed by atoms with Crippen molar-refractivity contribution in [3.8, 4) is 0 Å². The number of rotatable bonds is 6. The number of nitrogens with two attached hydrogens (primary N) is 1. The Labute approximate surface area is 152 Å². The topological polar surface area (TPSA) is 119 Å². The maximum absolute atomic E-state index is 12.5. The molecule has 3 N–H and O–H groups in total. The van der Waals surface area contributed by atoms with E-state index in [1.54, 1.807) is 13.0 Å². The number of hydrogen-bond acceptors (Lipinski definition) is 6. The van der Waals surface area contributed by atoms with Gasteiger partial charge in [0.05, 0.1) is 17.5 Å². The fourth-order valence-corrected chi connectivity index (χ4v) is 3.55. The summed E-state index contributed by atoms with van der Waals surface area (Å²) < 4.78 is 28.4. The molecule has 0 spiro atoms. The molecule has 1 heterocycles. The zero-order valence-corrected chi connectivity index (χ0v) is 15.4. The van der Waals surface area contributed by atoms with Crippen molar-refractivity contribution in [2.24, 2.45) is 11.1 Å². The first-order valence-electron chi connectivity index (χ1n) is 8.59. The number of Topliss-reactive ketones (excluding diaryl/α,β-unsaturated/α-hetero) is 1. The highest BCUT2D eigenvalue weighted by Gasteiger charge is 2.39. The van der Waals surface area contributed by atoms with Crippen molar-refractivity contribution in [3.63, 3.8) is 0 Å². The fraction of sp³-hybridized carbons (Fsp3) is 0.529. The van der Waals surface area contributed by atoms with E-state index in [1.807, 2.05) is 4.90 Å². The van der Waals surface area contributed by atoms with Crippen LogP contribution >= 0.6 is 0 Å². The van der Waals surface area contributed by atoms with Gasteiger partial charge in [-0.25, -0.2) is 13.6 Å². The Morgan fingerprint density at radius 2 is 2.08 bits per heavy atom. The van der Waals surface area contributed by atoms with E-state index >= 15 is 0 Å². The predicted octanol–water partition coefficient (Wildman–Crippen LogP) is 0.341. The van der Waals surface area contributed by atoms with Crippen LogP contribution in [0.15, 0.2) is 29.2 Å². The van der Waals surface area contributed by atoms with Crippen LogP contribution < -0.4 is 10.5 Å². The third-order valence-corrected chi connectivity index (χ3v) is 5.66. The first-order chi connectivity index (χ1) is 12.3. The summed E-state index contributed by atoms with van der Waals surface area (Å²) in [5.41, 5.74) is 0.354. The second-order valence-electron chi connectivity index (χ2n) is 6.77. The highest BCUT2D eigenvalue weighted by molar-refractivity contribution is 7.89. The number of ether oxygens (including phenoxy) is 1. The Balaban J connectivity index is 1.63. The summed E-state index contributed by atoms with van der Waals surface area (Å²) in [7, 11) is -3.84. The first kappa shape index (κ1) is 19.0. The molecule has 1 aliphatic heterocycles. The Morgan fingerprint density at radius 3 is 2.73 bits per heavy atom. The lowest BCUT2D eigenvalue weighted by atomic mass is 10.1. The Morgan fingerprint density at radius 1 is 1.35 bits per heavy atom. The maximum atomic E-state index is 12.5. The Kier molecular flexibility index (Phi) is 5.42. The SMILES string of the molecule is C[C@H](C(=O)Nc1cccc(S(N)(=O)=O)c1)N1CCO[C@H](C(=O)C2CC2)C1. The summed E-state index contributed by atoms with van der Waals surface area (Å²) >= 11 is 0. The van der Waals surface area contributed by atoms with Crippen LogP contribution in [-0.2, 0) is 24.3 Å². The lowest BCUT2D eigenvalue weighted by Crippen LogP contribution is -2.53. The minimum absolute atomic E-state index is 0.0654. The maximum Gasteiger partial charge on any atom is 0.241 e. The Hall–Kier alpha value is -1.81. The number of nitrogens with one attached hydrogen (secondary N) is 1. The smallest absolute Gasteiger partial charge is 0.241 e. The van der Waals surface area contributed by atoms with Crippen molar-refractivity contribution >= 4 is 27.4 Å². The molecule has 2 aliphatic rings. The number of ketones is 1. The lowest BCUT2D eigenvalue weighted by Gasteiger charge is -2.35. The van der Waals surface area contributed by atoms with Crippen molar-refractivity contribution < 1.29 is 22.7 Å². The normalized spacial score (nSPS) is 22.6. The number of carbonyl (C=O) groups excluding carboxylic acids is 2. The molecule has 0 unspecified atom stereocenters. The van der Waals surface area contributed by atoms with Crippen molar-refractivity contribution in [2.75, 3.05) is 25.0 Å². The van der Waals surface area contributed by atoms with E-state index in [4.69, 9.17) is 9.88 Å². The van der Waals surface area contributed by atoms with E-state index in [2.05, 4.69) is 5.32 Å². The van der Waals surface area contributed by atoms with Gasteiger partial charge in [0.2, 0.25) is 15.9 Å². The average molecular weight is 381 g/mol. The van der Waals surface area contributed by atoms with E-state index in [0.717, 1.165) is 12.8 Å². The van der Waals surface area contributed by atoms with Crippen LogP contribution in [-0.4, -0.2) is 56.9 Å². The van der Waals surface area contributed by atoms with Gasteiger partial charge in [-0.2, -0.15) is 0 Å². The van der Waals surface area contributed by atoms with Crippen molar-refractivity contribution in [1.29, 1.82) is 0 Å². The summed E-state index contributed by atoms with van der Waals surface area (Å²) in [6.07, 6.45) is 1.38. The van der Waals surface area contributed by atoms with Gasteiger partial charge in [-0.15, -0.1) is 0 Å². The minimum Gasteiger partial charge on any atom is -0.368 e. The minimum atomic E-state index is -3.84. The number of carbonyl (C=O) groups is 2. The van der Waals surface area contributed by atoms with Crippen molar-refractivity contribution in [2.45, 2.75) is 36.8 Å². The number of primary sulfonamides is 1. The van der Waals surface area contributed by atoms with Gasteiger partial charge in [0, 0.05) is 24.7 Å². The molecule has 2 fully saturated rings. The van der Waals surface area contributed by atoms with Gasteiger partial charge >= 0.3 is 0 Å². The number of morpholine rings is 1. The van der Waals surface area contributed by atoms with E-state index in [0.29, 0.717) is 25.4 Å². The third-order valence-electron chi connectivity index (χ3n) is 4.75. The van der Waals surface area contributed by atoms with Crippen molar-refractivity contribution in [3.05, 3.63) is 24.3 Å². The molecule has 26 heavy (non-hydrogen) atoms. The number of amides is 1. The van der Waals surface area contributed by atoms with Gasteiger partial charge in [-0.1, -0.05) is 6.07 Å². The predicted molar refractivity (Wildman–Crippen MR) is 95.0 cm³/mol. The summed E-state index contributed by atoms with van der Waals surface area (Å²) in [5.74, 6) is -0.0377. The second kappa shape index (κ2) is 7.43. The van der Waals surface area contributed by atoms with Gasteiger partial charge < -0.3 is 10.1 Å². The third kappa shape index (κ3) is 4.47. The number of nitrogens with zero attached hydrogens (tertiary/aromatic N) is 1. The zero-order valence-electron chi connectivity index (χ0n) is 14.6. The van der Waals surface area contributed by atoms with E-state index < -0.39 is 22.2 Å². The molecule has 142 valence electrons. The van der Waals surface area contributed by atoms with Crippen LogP contribution in [0.4, 0.5) is 5.69 Å². The molecule has 1 aromatic rings. The quantitative estimate of drug-likeness (QED) is 0.733. The van der Waals surface area contributed by atoms with Crippen LogP contribution in [0.1, 0.15) is 19.8 Å². The molecular formula is C17H23N3O5S. The molecule has 9 heteroatoms. The first-order valence-corrected chi connectivity index (χ1v) is 10.1. The number of sulfonamides is 1. The summed E-state index contributed by atoms with van der Waals surface area (Å²) in [5, 5.41) is 7.82. The fourth-order valence-electron chi connectivity index (χ4n) is 2.99. The van der Waals surface area contributed by atoms with Crippen LogP contribution in [0.25, 0.3) is 0 Å². The summed E-state index contributed by atoms with van der Waals surface area (Å²) in [6.45, 7) is 3.10. The van der Waals surface area contributed by atoms with E-state index in [1.165, 1.54) is 18.2 Å². The molecule has 0 aromatic heterocycles. The van der Waals surface area contributed by atoms with E-state index in [9.17, 15) is 18.0 Å². The van der Waals surface area contributed by atoms with Crippen LogP contribution in [0, 0.1) is 5.92 Å². The zero-order chi connectivity index (χ0) is 18.9. The van der Waals surface area contributed by atoms with Crippen LogP contribution in [0.5, 0.6) is 0 Å². The highest BCUT2D eigenvalue weighted by Crippen LogP contribution is 2.32. The van der Waals surface area contributed by atoms with Gasteiger partial charge in [-0.05, 0) is 38.0 Å². The molecule has 1 aromatic carbocycles. The molecule has 1 saturated carbocycles. The molecule has 1 amide bonds. The standard InChI is InChI=1S/C17H23N3O5S/c1-11(20-7-8-25-15(10-20)16(21)12-5-6-12)17(22)19-13-3-2-4-14(9-13)26(18,23)24/h2-4,9,11-12,15H,5-8,10H2,1H3,(H,19,22)(H2,18,23,24)/t11-,15+/m1/s1. The van der Waals surface area contributed by atoms with E-state index in [-0.39, 0.29) is 22.5 Å². The molecule has 1 saturated heterocycles. The molecule has 0 radical (unpaired) electrons. The van der Waals surface area contributed by atoms with Crippen LogP contribution in [0.3, 0.4) is 0 Å². The average Bonchev–Trinajstić information content (AvgIpc) is 3.45. The molecule has 2 atom stereocenters. The monoisotopic (exact) mass is 381 g/mol. The van der Waals surface area contributed by atoms with Gasteiger partial charge in [0.15, 0.2) is 5.78 Å². The Bertz CT molecular complexity index is 806. The lowest BCUT2D eigenvalue weighted by molar-refractivity contribution is -0.141. The second-order valence-corrected chi connectivity index (χ2v) is 8.33. The summed E-state index contributed by atoms with van der Waals surface area (Å²) in [6, 6.07) is 5.31. The molecule has 8 nitrogen and oxygen atoms in total. The number of anilines is 1. The van der Waals surface area contributed by atoms with Crippen LogP contribution in [0.2, 0.25) is 0 Å². The highest BCUT2D eigenvalue weighted by atomic mass is 32.2. The molecule has 3 rings (SSSR count). The molecular weight excluding hydrogens is 358 g/mol. The number of benzene rings is 1. The molecule has 1 aliphatic carbocycles. The van der Waals surface area contributed by atoms with Gasteiger partial charge in [0.1, 0.15) is 6.10 Å². The summed E-state index contributed by atoms with van der Waals surface area (Å²) in [4.78, 5) is 26.6. The van der Waals surface area contributed by atoms with Gasteiger partial charge in [-0.3, -0.25) is 14.5 Å². The largest absolute Gasteiger partial charge is 0.368 e. The molecule has 0 bridgehead atoms. The van der Waals surface area contributed by atoms with Gasteiger partial charge in [0.25, 0.3) is 0 Å².